The topological polar surface area (TPSA) is 32.8 Å². The molecule has 0 N–H and O–H groups in total. The fourth-order valence-corrected chi connectivity index (χ4v) is 4.22. The molecule has 2 heterocycles. The number of hydrogen-bond acceptors (Lipinski definition) is 3. The zero-order chi connectivity index (χ0) is 18.2. The van der Waals surface area contributed by atoms with Crippen molar-refractivity contribution in [3.8, 4) is 5.75 Å². The fraction of sp³-hybridized carbons (Fsp3) is 0.682. The Bertz CT molecular complexity index is 534. The minimum atomic E-state index is 0.131. The first-order chi connectivity index (χ1) is 12.7. The molecule has 4 nitrogen and oxygen atoms in total. The van der Waals surface area contributed by atoms with Crippen molar-refractivity contribution in [2.75, 3.05) is 39.3 Å². The van der Waals surface area contributed by atoms with Gasteiger partial charge in [0.1, 0.15) is 5.75 Å². The van der Waals surface area contributed by atoms with Crippen LogP contribution in [0.1, 0.15) is 45.4 Å². The van der Waals surface area contributed by atoms with Crippen LogP contribution in [0.3, 0.4) is 0 Å². The molecule has 0 spiro atoms. The summed E-state index contributed by atoms with van der Waals surface area (Å²) in [7, 11) is 0. The van der Waals surface area contributed by atoms with Crippen LogP contribution < -0.4 is 4.74 Å². The third-order valence-electron chi connectivity index (χ3n) is 5.87. The molecule has 1 amide bonds. The first kappa shape index (κ1) is 19.2. The van der Waals surface area contributed by atoms with E-state index in [1.54, 1.807) is 0 Å². The predicted molar refractivity (Wildman–Crippen MR) is 105 cm³/mol. The van der Waals surface area contributed by atoms with Crippen LogP contribution in [0.15, 0.2) is 30.3 Å². The molecule has 0 unspecified atom stereocenters. The second-order valence-electron chi connectivity index (χ2n) is 7.98. The zero-order valence-electron chi connectivity index (χ0n) is 16.2. The Balaban J connectivity index is 1.34. The molecule has 26 heavy (non-hydrogen) atoms. The van der Waals surface area contributed by atoms with Crippen LogP contribution in [-0.4, -0.2) is 55.0 Å². The number of benzene rings is 1. The molecule has 1 atom stereocenters. The first-order valence-corrected chi connectivity index (χ1v) is 10.4. The third kappa shape index (κ3) is 5.73. The fourth-order valence-electron chi connectivity index (χ4n) is 4.22. The van der Waals surface area contributed by atoms with Gasteiger partial charge in [0.15, 0.2) is 0 Å². The molecule has 0 aliphatic carbocycles. The zero-order valence-corrected chi connectivity index (χ0v) is 16.2. The lowest BCUT2D eigenvalue weighted by Crippen LogP contribution is -2.45. The smallest absolute Gasteiger partial charge is 0.226 e. The number of carbonyl (C=O) groups is 1. The van der Waals surface area contributed by atoms with Crippen LogP contribution in [0.5, 0.6) is 5.75 Å². The normalized spacial score (nSPS) is 20.7. The molecule has 4 heteroatoms. The molecule has 0 saturated carbocycles. The quantitative estimate of drug-likeness (QED) is 0.743. The maximum Gasteiger partial charge on any atom is 0.226 e. The van der Waals surface area contributed by atoms with Gasteiger partial charge in [-0.25, -0.2) is 0 Å². The highest BCUT2D eigenvalue weighted by molar-refractivity contribution is 5.78. The lowest BCUT2D eigenvalue weighted by atomic mass is 9.93. The standard InChI is InChI=1S/C22H34N2O2/c1-19(18-23-13-6-3-7-14-23)22(25)24-15-10-20(11-16-24)12-17-26-21-8-4-2-5-9-21/h2,4-5,8-9,19-20H,3,6-7,10-18H2,1H3/t19-/m0/s1. The second-order valence-corrected chi connectivity index (χ2v) is 7.98. The Morgan fingerprint density at radius 2 is 1.77 bits per heavy atom. The molecule has 2 aliphatic heterocycles. The number of carbonyl (C=O) groups excluding carboxylic acids is 1. The van der Waals surface area contributed by atoms with Crippen LogP contribution >= 0.6 is 0 Å². The average molecular weight is 359 g/mol. The van der Waals surface area contributed by atoms with Gasteiger partial charge >= 0.3 is 0 Å². The lowest BCUT2D eigenvalue weighted by Gasteiger charge is -2.35. The van der Waals surface area contributed by atoms with Gasteiger partial charge in [0.25, 0.3) is 0 Å². The van der Waals surface area contributed by atoms with Gasteiger partial charge in [-0.3, -0.25) is 4.79 Å². The molecule has 1 aromatic rings. The highest BCUT2D eigenvalue weighted by Crippen LogP contribution is 2.23. The van der Waals surface area contributed by atoms with Crippen LogP contribution in [0, 0.1) is 11.8 Å². The highest BCUT2D eigenvalue weighted by atomic mass is 16.5. The van der Waals surface area contributed by atoms with Crippen molar-refractivity contribution in [2.45, 2.75) is 45.4 Å². The average Bonchev–Trinajstić information content (AvgIpc) is 2.69. The summed E-state index contributed by atoms with van der Waals surface area (Å²) in [5.41, 5.74) is 0. The molecular formula is C22H34N2O2. The van der Waals surface area contributed by atoms with E-state index in [2.05, 4.69) is 16.7 Å². The summed E-state index contributed by atoms with van der Waals surface area (Å²) >= 11 is 0. The summed E-state index contributed by atoms with van der Waals surface area (Å²) in [6, 6.07) is 10.0. The van der Waals surface area contributed by atoms with E-state index in [9.17, 15) is 4.79 Å². The van der Waals surface area contributed by atoms with Crippen LogP contribution in [-0.2, 0) is 4.79 Å². The van der Waals surface area contributed by atoms with Gasteiger partial charge < -0.3 is 14.5 Å². The molecule has 2 aliphatic rings. The predicted octanol–water partition coefficient (Wildman–Crippen LogP) is 3.82. The first-order valence-electron chi connectivity index (χ1n) is 10.4. The van der Waals surface area contributed by atoms with Crippen LogP contribution in [0.25, 0.3) is 0 Å². The highest BCUT2D eigenvalue weighted by Gasteiger charge is 2.27. The number of piperidine rings is 2. The number of rotatable bonds is 7. The van der Waals surface area contributed by atoms with Crippen molar-refractivity contribution >= 4 is 5.91 Å². The van der Waals surface area contributed by atoms with Gasteiger partial charge in [-0.2, -0.15) is 0 Å². The minimum Gasteiger partial charge on any atom is -0.494 e. The molecule has 0 bridgehead atoms. The molecule has 2 fully saturated rings. The van der Waals surface area contributed by atoms with Gasteiger partial charge in [-0.15, -0.1) is 0 Å². The Labute approximate surface area is 158 Å². The largest absolute Gasteiger partial charge is 0.494 e. The number of para-hydroxylation sites is 1. The summed E-state index contributed by atoms with van der Waals surface area (Å²) in [5, 5.41) is 0. The molecular weight excluding hydrogens is 324 g/mol. The minimum absolute atomic E-state index is 0.131. The number of nitrogens with zero attached hydrogens (tertiary/aromatic N) is 2. The van der Waals surface area contributed by atoms with E-state index in [1.165, 1.54) is 32.4 Å². The Kier molecular flexibility index (Phi) is 7.36. The van der Waals surface area contributed by atoms with Crippen molar-refractivity contribution in [1.29, 1.82) is 0 Å². The summed E-state index contributed by atoms with van der Waals surface area (Å²) < 4.78 is 5.82. The Morgan fingerprint density at radius 1 is 1.08 bits per heavy atom. The summed E-state index contributed by atoms with van der Waals surface area (Å²) in [6.45, 7) is 7.98. The van der Waals surface area contributed by atoms with Gasteiger partial charge in [0, 0.05) is 25.6 Å². The number of likely N-dealkylation sites (tertiary alicyclic amines) is 2. The molecule has 1 aromatic carbocycles. The second kappa shape index (κ2) is 9.96. The van der Waals surface area contributed by atoms with Gasteiger partial charge in [0.05, 0.1) is 6.61 Å². The lowest BCUT2D eigenvalue weighted by molar-refractivity contribution is -0.137. The van der Waals surface area contributed by atoms with E-state index in [0.717, 1.165) is 51.3 Å². The summed E-state index contributed by atoms with van der Waals surface area (Å²) in [6.07, 6.45) is 7.23. The van der Waals surface area contributed by atoms with E-state index in [0.29, 0.717) is 11.8 Å². The van der Waals surface area contributed by atoms with Gasteiger partial charge in [-0.05, 0) is 63.2 Å². The maximum atomic E-state index is 12.8. The van der Waals surface area contributed by atoms with E-state index in [4.69, 9.17) is 4.74 Å². The number of hydrogen-bond donors (Lipinski definition) is 0. The molecule has 0 aromatic heterocycles. The molecule has 0 radical (unpaired) electrons. The Morgan fingerprint density at radius 3 is 2.46 bits per heavy atom. The van der Waals surface area contributed by atoms with Gasteiger partial charge in [0.2, 0.25) is 5.91 Å². The van der Waals surface area contributed by atoms with E-state index < -0.39 is 0 Å². The number of ether oxygens (including phenoxy) is 1. The molecule has 2 saturated heterocycles. The third-order valence-corrected chi connectivity index (χ3v) is 5.87. The number of amides is 1. The van der Waals surface area contributed by atoms with Crippen molar-refractivity contribution in [3.63, 3.8) is 0 Å². The molecule has 3 rings (SSSR count). The maximum absolute atomic E-state index is 12.8. The van der Waals surface area contributed by atoms with Crippen molar-refractivity contribution in [2.24, 2.45) is 11.8 Å². The van der Waals surface area contributed by atoms with Gasteiger partial charge in [-0.1, -0.05) is 31.5 Å². The van der Waals surface area contributed by atoms with E-state index in [1.807, 2.05) is 30.3 Å². The Hall–Kier alpha value is -1.55. The van der Waals surface area contributed by atoms with Crippen LogP contribution in [0.2, 0.25) is 0 Å². The van der Waals surface area contributed by atoms with E-state index >= 15 is 0 Å². The monoisotopic (exact) mass is 358 g/mol. The summed E-state index contributed by atoms with van der Waals surface area (Å²) in [4.78, 5) is 17.3. The molecule has 144 valence electrons. The van der Waals surface area contributed by atoms with E-state index in [-0.39, 0.29) is 5.92 Å². The van der Waals surface area contributed by atoms with Crippen LogP contribution in [0.4, 0.5) is 0 Å². The van der Waals surface area contributed by atoms with Crippen molar-refractivity contribution < 1.29 is 9.53 Å². The summed E-state index contributed by atoms with van der Waals surface area (Å²) in [5.74, 6) is 2.12. The SMILES string of the molecule is C[C@@H](CN1CCCCC1)C(=O)N1CCC(CCOc2ccccc2)CC1. The van der Waals surface area contributed by atoms with Crippen molar-refractivity contribution in [3.05, 3.63) is 30.3 Å². The van der Waals surface area contributed by atoms with Crippen molar-refractivity contribution in [1.82, 2.24) is 9.80 Å².